The van der Waals surface area contributed by atoms with Crippen LogP contribution in [0.15, 0.2) is 22.7 Å². The Balaban J connectivity index is 2.27. The van der Waals surface area contributed by atoms with Gasteiger partial charge in [0.15, 0.2) is 0 Å². The number of nitrogens with one attached hydrogen (secondary N) is 1. The Bertz CT molecular complexity index is 419. The molecule has 0 amide bonds. The van der Waals surface area contributed by atoms with E-state index < -0.39 is 0 Å². The monoisotopic (exact) mass is 344 g/mol. The lowest BCUT2D eigenvalue weighted by atomic mass is 9.90. The molecule has 0 bridgehead atoms. The fraction of sp³-hybridized carbons (Fsp3) is 0.600. The largest absolute Gasteiger partial charge is 0.314 e. The first-order chi connectivity index (χ1) is 9.13. The van der Waals surface area contributed by atoms with E-state index in [0.29, 0.717) is 12.0 Å². The molecule has 0 spiro atoms. The standard InChI is InChI=1S/C15H22BrClN2/c1-3-11(2)15(19-8-6-18-7-9-19)12-4-5-14(17)13(16)10-12/h4-5,10-11,15,18H,3,6-9H2,1-2H3/t11?,15-/m1/s1. The van der Waals surface area contributed by atoms with Gasteiger partial charge in [-0.3, -0.25) is 4.90 Å². The van der Waals surface area contributed by atoms with E-state index in [2.05, 4.69) is 52.1 Å². The number of benzene rings is 1. The third-order valence-corrected chi connectivity index (χ3v) is 5.23. The van der Waals surface area contributed by atoms with Crippen LogP contribution in [0, 0.1) is 5.92 Å². The molecule has 19 heavy (non-hydrogen) atoms. The molecule has 1 saturated heterocycles. The van der Waals surface area contributed by atoms with Crippen molar-refractivity contribution in [2.45, 2.75) is 26.3 Å². The van der Waals surface area contributed by atoms with Crippen molar-refractivity contribution in [3.8, 4) is 0 Å². The highest BCUT2D eigenvalue weighted by Gasteiger charge is 2.26. The average Bonchev–Trinajstić information content (AvgIpc) is 2.44. The lowest BCUT2D eigenvalue weighted by Gasteiger charge is -2.38. The molecule has 1 N–H and O–H groups in total. The second-order valence-corrected chi connectivity index (χ2v) is 6.55. The van der Waals surface area contributed by atoms with E-state index >= 15 is 0 Å². The lowest BCUT2D eigenvalue weighted by molar-refractivity contribution is 0.128. The van der Waals surface area contributed by atoms with Crippen molar-refractivity contribution in [3.05, 3.63) is 33.3 Å². The molecule has 2 atom stereocenters. The number of nitrogens with zero attached hydrogens (tertiary/aromatic N) is 1. The smallest absolute Gasteiger partial charge is 0.0548 e. The summed E-state index contributed by atoms with van der Waals surface area (Å²) in [5, 5.41) is 4.21. The topological polar surface area (TPSA) is 15.3 Å². The Labute approximate surface area is 129 Å². The number of rotatable bonds is 4. The summed E-state index contributed by atoms with van der Waals surface area (Å²) in [6.07, 6.45) is 1.19. The van der Waals surface area contributed by atoms with E-state index in [-0.39, 0.29) is 0 Å². The maximum Gasteiger partial charge on any atom is 0.0548 e. The van der Waals surface area contributed by atoms with Gasteiger partial charge in [0.25, 0.3) is 0 Å². The zero-order chi connectivity index (χ0) is 13.8. The molecule has 1 aliphatic heterocycles. The third-order valence-electron chi connectivity index (χ3n) is 4.01. The van der Waals surface area contributed by atoms with E-state index in [1.54, 1.807) is 0 Å². The second kappa shape index (κ2) is 7.07. The van der Waals surface area contributed by atoms with Gasteiger partial charge in [-0.2, -0.15) is 0 Å². The van der Waals surface area contributed by atoms with E-state index in [1.807, 2.05) is 6.07 Å². The minimum absolute atomic E-state index is 0.487. The maximum absolute atomic E-state index is 6.11. The van der Waals surface area contributed by atoms with Gasteiger partial charge < -0.3 is 5.32 Å². The fourth-order valence-corrected chi connectivity index (χ4v) is 3.29. The Morgan fingerprint density at radius 1 is 1.37 bits per heavy atom. The Hall–Kier alpha value is -0.0900. The van der Waals surface area contributed by atoms with Crippen molar-refractivity contribution >= 4 is 27.5 Å². The van der Waals surface area contributed by atoms with Gasteiger partial charge in [0.1, 0.15) is 0 Å². The first-order valence-electron chi connectivity index (χ1n) is 7.03. The quantitative estimate of drug-likeness (QED) is 0.884. The number of hydrogen-bond acceptors (Lipinski definition) is 2. The highest BCUT2D eigenvalue weighted by atomic mass is 79.9. The van der Waals surface area contributed by atoms with Crippen molar-refractivity contribution < 1.29 is 0 Å². The summed E-state index contributed by atoms with van der Waals surface area (Å²) in [4.78, 5) is 2.60. The molecular formula is C15H22BrClN2. The van der Waals surface area contributed by atoms with Crippen LogP contribution in [-0.2, 0) is 0 Å². The predicted molar refractivity (Wildman–Crippen MR) is 85.8 cm³/mol. The molecule has 1 aromatic carbocycles. The average molecular weight is 346 g/mol. The lowest BCUT2D eigenvalue weighted by Crippen LogP contribution is -2.46. The van der Waals surface area contributed by atoms with Gasteiger partial charge >= 0.3 is 0 Å². The SMILES string of the molecule is CCC(C)[C@H](c1ccc(Cl)c(Br)c1)N1CCNCC1. The molecule has 2 rings (SSSR count). The van der Waals surface area contributed by atoms with Gasteiger partial charge in [-0.15, -0.1) is 0 Å². The summed E-state index contributed by atoms with van der Waals surface area (Å²) in [7, 11) is 0. The molecule has 0 aliphatic carbocycles. The van der Waals surface area contributed by atoms with E-state index in [9.17, 15) is 0 Å². The minimum Gasteiger partial charge on any atom is -0.314 e. The summed E-state index contributed by atoms with van der Waals surface area (Å²) in [5.74, 6) is 0.645. The van der Waals surface area contributed by atoms with Gasteiger partial charge in [0.05, 0.1) is 5.02 Å². The molecule has 4 heteroatoms. The van der Waals surface area contributed by atoms with Crippen molar-refractivity contribution in [3.63, 3.8) is 0 Å². The number of hydrogen-bond donors (Lipinski definition) is 1. The zero-order valence-electron chi connectivity index (χ0n) is 11.6. The molecule has 1 fully saturated rings. The van der Waals surface area contributed by atoms with Crippen LogP contribution in [-0.4, -0.2) is 31.1 Å². The second-order valence-electron chi connectivity index (χ2n) is 5.29. The summed E-state index contributed by atoms with van der Waals surface area (Å²) in [6, 6.07) is 6.84. The predicted octanol–water partition coefficient (Wildman–Crippen LogP) is 4.09. The molecule has 1 unspecified atom stereocenters. The summed E-state index contributed by atoms with van der Waals surface area (Å²) in [5.41, 5.74) is 1.37. The highest BCUT2D eigenvalue weighted by molar-refractivity contribution is 9.10. The molecule has 0 radical (unpaired) electrons. The normalized spacial score (nSPS) is 20.2. The highest BCUT2D eigenvalue weighted by Crippen LogP contribution is 2.34. The third kappa shape index (κ3) is 3.72. The zero-order valence-corrected chi connectivity index (χ0v) is 14.0. The van der Waals surface area contributed by atoms with Crippen LogP contribution in [0.3, 0.4) is 0 Å². The molecular weight excluding hydrogens is 324 g/mol. The first kappa shape index (κ1) is 15.3. The van der Waals surface area contributed by atoms with Crippen molar-refractivity contribution in [2.75, 3.05) is 26.2 Å². The van der Waals surface area contributed by atoms with E-state index in [4.69, 9.17) is 11.6 Å². The Kier molecular flexibility index (Phi) is 5.70. The van der Waals surface area contributed by atoms with Gasteiger partial charge in [0.2, 0.25) is 0 Å². The first-order valence-corrected chi connectivity index (χ1v) is 8.20. The van der Waals surface area contributed by atoms with Crippen molar-refractivity contribution in [1.82, 2.24) is 10.2 Å². The fourth-order valence-electron chi connectivity index (χ4n) is 2.78. The van der Waals surface area contributed by atoms with Crippen LogP contribution in [0.5, 0.6) is 0 Å². The molecule has 106 valence electrons. The molecule has 1 aromatic rings. The van der Waals surface area contributed by atoms with Gasteiger partial charge in [-0.05, 0) is 39.5 Å². The number of piperazine rings is 1. The van der Waals surface area contributed by atoms with Gasteiger partial charge in [0, 0.05) is 36.7 Å². The Morgan fingerprint density at radius 3 is 2.63 bits per heavy atom. The molecule has 0 saturated carbocycles. The summed E-state index contributed by atoms with van der Waals surface area (Å²) in [6.45, 7) is 9.02. The molecule has 1 aliphatic rings. The van der Waals surface area contributed by atoms with Crippen LogP contribution < -0.4 is 5.32 Å². The minimum atomic E-state index is 0.487. The Morgan fingerprint density at radius 2 is 2.05 bits per heavy atom. The van der Waals surface area contributed by atoms with E-state index in [1.165, 1.54) is 12.0 Å². The van der Waals surface area contributed by atoms with Gasteiger partial charge in [-0.25, -0.2) is 0 Å². The van der Waals surface area contributed by atoms with Crippen LogP contribution in [0.2, 0.25) is 5.02 Å². The maximum atomic E-state index is 6.11. The van der Waals surface area contributed by atoms with Crippen LogP contribution in [0.25, 0.3) is 0 Å². The van der Waals surface area contributed by atoms with Crippen LogP contribution >= 0.6 is 27.5 Å². The van der Waals surface area contributed by atoms with Crippen molar-refractivity contribution in [2.24, 2.45) is 5.92 Å². The number of halogens is 2. The molecule has 2 nitrogen and oxygen atoms in total. The van der Waals surface area contributed by atoms with Crippen molar-refractivity contribution in [1.29, 1.82) is 0 Å². The van der Waals surface area contributed by atoms with Crippen LogP contribution in [0.1, 0.15) is 31.9 Å². The molecule has 1 heterocycles. The molecule has 0 aromatic heterocycles. The summed E-state index contributed by atoms with van der Waals surface area (Å²) >= 11 is 9.66. The van der Waals surface area contributed by atoms with Gasteiger partial charge in [-0.1, -0.05) is 37.9 Å². The summed E-state index contributed by atoms with van der Waals surface area (Å²) < 4.78 is 0.995. The van der Waals surface area contributed by atoms with Crippen LogP contribution in [0.4, 0.5) is 0 Å². The van der Waals surface area contributed by atoms with E-state index in [0.717, 1.165) is 35.7 Å².